The van der Waals surface area contributed by atoms with Crippen LogP contribution in [0.25, 0.3) is 0 Å². The summed E-state index contributed by atoms with van der Waals surface area (Å²) in [5.74, 6) is 0.933. The SMILES string of the molecule is CC(C)Oc1cccc(C(C)NC(=O)C2CCCN2)c1. The Labute approximate surface area is 120 Å². The molecule has 1 fully saturated rings. The monoisotopic (exact) mass is 276 g/mol. The standard InChI is InChI=1S/C16H24N2O2/c1-11(2)20-14-7-4-6-13(10-14)12(3)18-16(19)15-8-5-9-17-15/h4,6-7,10-12,15,17H,5,8-9H2,1-3H3,(H,18,19). The van der Waals surface area contributed by atoms with Crippen LogP contribution >= 0.6 is 0 Å². The van der Waals surface area contributed by atoms with E-state index in [9.17, 15) is 4.79 Å². The number of carbonyl (C=O) groups excluding carboxylic acids is 1. The van der Waals surface area contributed by atoms with Crippen molar-refractivity contribution < 1.29 is 9.53 Å². The minimum absolute atomic E-state index is 0.0133. The Kier molecular flexibility index (Phi) is 5.01. The molecule has 20 heavy (non-hydrogen) atoms. The lowest BCUT2D eigenvalue weighted by molar-refractivity contribution is -0.123. The van der Waals surface area contributed by atoms with E-state index in [0.717, 1.165) is 30.7 Å². The highest BCUT2D eigenvalue weighted by atomic mass is 16.5. The van der Waals surface area contributed by atoms with E-state index in [0.29, 0.717) is 0 Å². The van der Waals surface area contributed by atoms with Crippen molar-refractivity contribution in [2.75, 3.05) is 6.54 Å². The predicted molar refractivity (Wildman–Crippen MR) is 79.8 cm³/mol. The summed E-state index contributed by atoms with van der Waals surface area (Å²) in [7, 11) is 0. The van der Waals surface area contributed by atoms with Crippen molar-refractivity contribution in [2.24, 2.45) is 0 Å². The molecule has 1 aliphatic heterocycles. The topological polar surface area (TPSA) is 50.4 Å². The Morgan fingerprint density at radius 1 is 1.40 bits per heavy atom. The highest BCUT2D eigenvalue weighted by molar-refractivity contribution is 5.82. The summed E-state index contributed by atoms with van der Waals surface area (Å²) in [6, 6.07) is 7.86. The van der Waals surface area contributed by atoms with Crippen molar-refractivity contribution in [3.8, 4) is 5.75 Å². The Bertz CT molecular complexity index is 454. The molecule has 1 aromatic carbocycles. The van der Waals surface area contributed by atoms with E-state index in [2.05, 4.69) is 10.6 Å². The zero-order chi connectivity index (χ0) is 14.5. The summed E-state index contributed by atoms with van der Waals surface area (Å²) < 4.78 is 5.68. The Morgan fingerprint density at radius 2 is 2.20 bits per heavy atom. The average molecular weight is 276 g/mol. The quantitative estimate of drug-likeness (QED) is 0.868. The van der Waals surface area contributed by atoms with Gasteiger partial charge in [-0.1, -0.05) is 12.1 Å². The third kappa shape index (κ3) is 3.97. The first-order valence-electron chi connectivity index (χ1n) is 7.36. The molecule has 1 aliphatic rings. The average Bonchev–Trinajstić information content (AvgIpc) is 2.92. The van der Waals surface area contributed by atoms with Crippen LogP contribution in [0.2, 0.25) is 0 Å². The number of amides is 1. The van der Waals surface area contributed by atoms with Gasteiger partial charge in [-0.15, -0.1) is 0 Å². The van der Waals surface area contributed by atoms with E-state index in [4.69, 9.17) is 4.74 Å². The molecule has 2 N–H and O–H groups in total. The zero-order valence-corrected chi connectivity index (χ0v) is 12.5. The third-order valence-corrected chi connectivity index (χ3v) is 3.47. The number of hydrogen-bond acceptors (Lipinski definition) is 3. The van der Waals surface area contributed by atoms with Crippen LogP contribution < -0.4 is 15.4 Å². The van der Waals surface area contributed by atoms with Crippen molar-refractivity contribution in [2.45, 2.75) is 51.8 Å². The van der Waals surface area contributed by atoms with Crippen LogP contribution in [-0.2, 0) is 4.79 Å². The first-order valence-corrected chi connectivity index (χ1v) is 7.36. The number of rotatable bonds is 5. The zero-order valence-electron chi connectivity index (χ0n) is 12.5. The van der Waals surface area contributed by atoms with Crippen LogP contribution in [0.15, 0.2) is 24.3 Å². The molecule has 4 nitrogen and oxygen atoms in total. The summed E-state index contributed by atoms with van der Waals surface area (Å²) in [4.78, 5) is 12.1. The van der Waals surface area contributed by atoms with E-state index < -0.39 is 0 Å². The van der Waals surface area contributed by atoms with Gasteiger partial charge in [-0.2, -0.15) is 0 Å². The molecule has 2 rings (SSSR count). The first-order chi connectivity index (χ1) is 9.56. The van der Waals surface area contributed by atoms with Crippen LogP contribution in [0.5, 0.6) is 5.75 Å². The van der Waals surface area contributed by atoms with E-state index in [1.54, 1.807) is 0 Å². The summed E-state index contributed by atoms with van der Waals surface area (Å²) in [5, 5.41) is 6.28. The molecule has 1 saturated heterocycles. The van der Waals surface area contributed by atoms with Gasteiger partial charge in [0.25, 0.3) is 0 Å². The van der Waals surface area contributed by atoms with Crippen molar-refractivity contribution in [1.82, 2.24) is 10.6 Å². The molecule has 110 valence electrons. The van der Waals surface area contributed by atoms with Crippen LogP contribution in [0.1, 0.15) is 45.2 Å². The molecular formula is C16H24N2O2. The molecule has 0 radical (unpaired) electrons. The molecule has 2 atom stereocenters. The van der Waals surface area contributed by atoms with E-state index in [1.807, 2.05) is 45.0 Å². The highest BCUT2D eigenvalue weighted by Crippen LogP contribution is 2.20. The number of nitrogens with one attached hydrogen (secondary N) is 2. The molecule has 2 unspecified atom stereocenters. The number of carbonyl (C=O) groups is 1. The van der Waals surface area contributed by atoms with Crippen LogP contribution in [0.4, 0.5) is 0 Å². The second-order valence-corrected chi connectivity index (χ2v) is 5.62. The van der Waals surface area contributed by atoms with Gasteiger partial charge in [0, 0.05) is 0 Å². The van der Waals surface area contributed by atoms with Gasteiger partial charge in [0.15, 0.2) is 0 Å². The molecule has 1 heterocycles. The summed E-state index contributed by atoms with van der Waals surface area (Å²) in [6.45, 7) is 6.94. The number of hydrogen-bond donors (Lipinski definition) is 2. The molecule has 0 bridgehead atoms. The molecule has 0 spiro atoms. The molecule has 1 aromatic rings. The largest absolute Gasteiger partial charge is 0.491 e. The fraction of sp³-hybridized carbons (Fsp3) is 0.562. The number of benzene rings is 1. The maximum Gasteiger partial charge on any atom is 0.237 e. The predicted octanol–water partition coefficient (Wildman–Crippen LogP) is 2.40. The van der Waals surface area contributed by atoms with Gasteiger partial charge in [-0.25, -0.2) is 0 Å². The third-order valence-electron chi connectivity index (χ3n) is 3.47. The first kappa shape index (κ1) is 14.9. The highest BCUT2D eigenvalue weighted by Gasteiger charge is 2.23. The summed E-state index contributed by atoms with van der Waals surface area (Å²) in [6.07, 6.45) is 2.15. The Morgan fingerprint density at radius 3 is 2.85 bits per heavy atom. The molecule has 0 aliphatic carbocycles. The fourth-order valence-corrected chi connectivity index (χ4v) is 2.44. The van der Waals surface area contributed by atoms with Crippen LogP contribution in [-0.4, -0.2) is 24.6 Å². The van der Waals surface area contributed by atoms with Crippen molar-refractivity contribution >= 4 is 5.91 Å². The minimum atomic E-state index is -0.0347. The second-order valence-electron chi connectivity index (χ2n) is 5.62. The van der Waals surface area contributed by atoms with Crippen LogP contribution in [0.3, 0.4) is 0 Å². The maximum atomic E-state index is 12.1. The van der Waals surface area contributed by atoms with Crippen molar-refractivity contribution in [3.05, 3.63) is 29.8 Å². The Hall–Kier alpha value is -1.55. The lowest BCUT2D eigenvalue weighted by atomic mass is 10.1. The van der Waals surface area contributed by atoms with Crippen molar-refractivity contribution in [3.63, 3.8) is 0 Å². The second kappa shape index (κ2) is 6.75. The van der Waals surface area contributed by atoms with Gasteiger partial charge in [0.2, 0.25) is 5.91 Å². The van der Waals surface area contributed by atoms with E-state index >= 15 is 0 Å². The lowest BCUT2D eigenvalue weighted by Crippen LogP contribution is -2.41. The molecule has 1 amide bonds. The Balaban J connectivity index is 1.97. The van der Waals surface area contributed by atoms with Gasteiger partial charge in [0.1, 0.15) is 5.75 Å². The van der Waals surface area contributed by atoms with E-state index in [1.165, 1.54) is 0 Å². The molecule has 0 saturated carbocycles. The van der Waals surface area contributed by atoms with Crippen LogP contribution in [0, 0.1) is 0 Å². The van der Waals surface area contributed by atoms with Gasteiger partial charge in [-0.05, 0) is 57.9 Å². The van der Waals surface area contributed by atoms with Gasteiger partial charge >= 0.3 is 0 Å². The molecule has 4 heteroatoms. The van der Waals surface area contributed by atoms with Gasteiger partial charge in [0.05, 0.1) is 18.2 Å². The van der Waals surface area contributed by atoms with Crippen molar-refractivity contribution in [1.29, 1.82) is 0 Å². The van der Waals surface area contributed by atoms with Gasteiger partial charge < -0.3 is 15.4 Å². The lowest BCUT2D eigenvalue weighted by Gasteiger charge is -2.19. The van der Waals surface area contributed by atoms with Gasteiger partial charge in [-0.3, -0.25) is 4.79 Å². The fourth-order valence-electron chi connectivity index (χ4n) is 2.44. The van der Waals surface area contributed by atoms with E-state index in [-0.39, 0.29) is 24.1 Å². The maximum absolute atomic E-state index is 12.1. The molecular weight excluding hydrogens is 252 g/mol. The summed E-state index contributed by atoms with van der Waals surface area (Å²) in [5.41, 5.74) is 1.06. The minimum Gasteiger partial charge on any atom is -0.491 e. The summed E-state index contributed by atoms with van der Waals surface area (Å²) >= 11 is 0. The smallest absolute Gasteiger partial charge is 0.237 e. The molecule has 0 aromatic heterocycles. The number of ether oxygens (including phenoxy) is 1. The normalized spacial score (nSPS) is 19.9.